The maximum atomic E-state index is 11.6. The van der Waals surface area contributed by atoms with E-state index < -0.39 is 11.7 Å². The topological polar surface area (TPSA) is 114 Å². The zero-order chi connectivity index (χ0) is 13.5. The number of aromatic amines is 1. The fourth-order valence-corrected chi connectivity index (χ4v) is 2.75. The lowest BCUT2D eigenvalue weighted by Crippen LogP contribution is -2.59. The van der Waals surface area contributed by atoms with Gasteiger partial charge < -0.3 is 16.4 Å². The molecular formula is C12H16N6O. The first-order valence-corrected chi connectivity index (χ1v) is 6.28. The first-order valence-electron chi connectivity index (χ1n) is 6.28. The van der Waals surface area contributed by atoms with Gasteiger partial charge >= 0.3 is 6.03 Å². The first-order chi connectivity index (χ1) is 9.13. The molecule has 1 atom stereocenters. The predicted molar refractivity (Wildman–Crippen MR) is 69.9 cm³/mol. The number of hydrogen-bond donors (Lipinski definition) is 3. The van der Waals surface area contributed by atoms with E-state index in [0.29, 0.717) is 24.3 Å². The van der Waals surface area contributed by atoms with Crippen LogP contribution >= 0.6 is 0 Å². The summed E-state index contributed by atoms with van der Waals surface area (Å²) in [6.07, 6.45) is 4.18. The Kier molecular flexibility index (Phi) is 2.63. The number of fused-ring (bicyclic) bond motifs is 1. The summed E-state index contributed by atoms with van der Waals surface area (Å²) < 4.78 is 0. The first kappa shape index (κ1) is 11.9. The highest BCUT2D eigenvalue weighted by molar-refractivity contribution is 5.80. The molecule has 3 rings (SSSR count). The van der Waals surface area contributed by atoms with Crippen molar-refractivity contribution < 1.29 is 4.79 Å². The number of amides is 2. The van der Waals surface area contributed by atoms with Crippen molar-refractivity contribution in [2.75, 3.05) is 6.54 Å². The van der Waals surface area contributed by atoms with Crippen molar-refractivity contribution in [3.05, 3.63) is 24.0 Å². The number of rotatable bonds is 1. The normalized spacial score (nSPS) is 23.7. The molecule has 2 aromatic rings. The highest BCUT2D eigenvalue weighted by atomic mass is 16.2. The monoisotopic (exact) mass is 260 g/mol. The van der Waals surface area contributed by atoms with Crippen LogP contribution in [-0.2, 0) is 5.66 Å². The van der Waals surface area contributed by atoms with Gasteiger partial charge in [-0.15, -0.1) is 0 Å². The van der Waals surface area contributed by atoms with Crippen LogP contribution < -0.4 is 11.5 Å². The third-order valence-electron chi connectivity index (χ3n) is 3.70. The third-order valence-corrected chi connectivity index (χ3v) is 3.70. The molecular weight excluding hydrogens is 244 g/mol. The van der Waals surface area contributed by atoms with Gasteiger partial charge in [0.15, 0.2) is 5.65 Å². The van der Waals surface area contributed by atoms with Gasteiger partial charge in [-0.3, -0.25) is 5.10 Å². The number of likely N-dealkylation sites (tertiary alicyclic amines) is 1. The van der Waals surface area contributed by atoms with Crippen molar-refractivity contribution >= 4 is 17.1 Å². The number of urea groups is 1. The molecule has 5 N–H and O–H groups in total. The number of H-pyrrole nitrogens is 1. The Morgan fingerprint density at radius 1 is 1.47 bits per heavy atom. The summed E-state index contributed by atoms with van der Waals surface area (Å²) >= 11 is 0. The summed E-state index contributed by atoms with van der Waals surface area (Å²) in [5.74, 6) is 0. The van der Waals surface area contributed by atoms with E-state index in [4.69, 9.17) is 11.5 Å². The molecule has 3 heterocycles. The average Bonchev–Trinajstić information content (AvgIpc) is 2.83. The molecule has 0 saturated carbocycles. The van der Waals surface area contributed by atoms with E-state index in [1.54, 1.807) is 6.20 Å². The van der Waals surface area contributed by atoms with Gasteiger partial charge in [0.05, 0.1) is 5.69 Å². The van der Waals surface area contributed by atoms with Gasteiger partial charge in [0.1, 0.15) is 5.66 Å². The van der Waals surface area contributed by atoms with Gasteiger partial charge in [-0.25, -0.2) is 9.78 Å². The van der Waals surface area contributed by atoms with Crippen LogP contribution in [0.25, 0.3) is 11.0 Å². The maximum absolute atomic E-state index is 11.6. The molecule has 2 amide bonds. The summed E-state index contributed by atoms with van der Waals surface area (Å²) in [4.78, 5) is 17.3. The molecule has 0 spiro atoms. The fourth-order valence-electron chi connectivity index (χ4n) is 2.75. The van der Waals surface area contributed by atoms with Gasteiger partial charge in [0.2, 0.25) is 0 Å². The van der Waals surface area contributed by atoms with Crippen molar-refractivity contribution in [3.63, 3.8) is 0 Å². The Morgan fingerprint density at radius 2 is 2.32 bits per heavy atom. The molecule has 2 aromatic heterocycles. The fraction of sp³-hybridized carbons (Fsp3) is 0.417. The Labute approximate surface area is 110 Å². The molecule has 1 fully saturated rings. The smallest absolute Gasteiger partial charge is 0.316 e. The number of nitrogens with one attached hydrogen (secondary N) is 1. The van der Waals surface area contributed by atoms with Crippen LogP contribution in [0.2, 0.25) is 0 Å². The molecule has 0 bridgehead atoms. The van der Waals surface area contributed by atoms with E-state index in [2.05, 4.69) is 15.2 Å². The minimum absolute atomic E-state index is 0.506. The number of carbonyl (C=O) groups excluding carboxylic acids is 1. The van der Waals surface area contributed by atoms with Crippen LogP contribution in [0.1, 0.15) is 25.0 Å². The largest absolute Gasteiger partial charge is 0.351 e. The number of pyridine rings is 1. The molecule has 100 valence electrons. The van der Waals surface area contributed by atoms with Crippen molar-refractivity contribution in [3.8, 4) is 0 Å². The second-order valence-electron chi connectivity index (χ2n) is 4.84. The molecule has 1 saturated heterocycles. The van der Waals surface area contributed by atoms with Gasteiger partial charge in [0, 0.05) is 18.1 Å². The van der Waals surface area contributed by atoms with Crippen LogP contribution in [0.5, 0.6) is 0 Å². The van der Waals surface area contributed by atoms with Crippen LogP contribution in [-0.4, -0.2) is 32.7 Å². The van der Waals surface area contributed by atoms with E-state index in [9.17, 15) is 4.79 Å². The molecule has 7 nitrogen and oxygen atoms in total. The molecule has 7 heteroatoms. The van der Waals surface area contributed by atoms with Crippen molar-refractivity contribution in [1.29, 1.82) is 0 Å². The molecule has 0 aliphatic carbocycles. The number of nitrogens with two attached hydrogens (primary N) is 2. The van der Waals surface area contributed by atoms with Crippen molar-refractivity contribution in [2.45, 2.75) is 24.9 Å². The number of piperidine rings is 1. The quantitative estimate of drug-likeness (QED) is 0.697. The number of aromatic nitrogens is 3. The molecule has 19 heavy (non-hydrogen) atoms. The maximum Gasteiger partial charge on any atom is 0.316 e. The summed E-state index contributed by atoms with van der Waals surface area (Å²) in [5.41, 5.74) is 12.3. The minimum atomic E-state index is -0.929. The van der Waals surface area contributed by atoms with Gasteiger partial charge in [-0.1, -0.05) is 0 Å². The predicted octanol–water partition coefficient (Wildman–Crippen LogP) is 0.634. The number of primary amides is 1. The van der Waals surface area contributed by atoms with E-state index in [0.717, 1.165) is 18.2 Å². The SMILES string of the molecule is NC(=O)N1CCCCC1(N)c1[nH]nc2ncccc12. The lowest BCUT2D eigenvalue weighted by Gasteiger charge is -2.42. The van der Waals surface area contributed by atoms with E-state index >= 15 is 0 Å². The Balaban J connectivity index is 2.14. The van der Waals surface area contributed by atoms with Gasteiger partial charge in [-0.05, 0) is 31.4 Å². The molecule has 0 radical (unpaired) electrons. The molecule has 1 aliphatic heterocycles. The summed E-state index contributed by atoms with van der Waals surface area (Å²) in [7, 11) is 0. The number of hydrogen-bond acceptors (Lipinski definition) is 4. The Morgan fingerprint density at radius 3 is 3.11 bits per heavy atom. The van der Waals surface area contributed by atoms with Crippen LogP contribution in [0.15, 0.2) is 18.3 Å². The molecule has 1 aliphatic rings. The van der Waals surface area contributed by atoms with Crippen LogP contribution in [0.4, 0.5) is 4.79 Å². The highest BCUT2D eigenvalue weighted by Crippen LogP contribution is 2.34. The lowest BCUT2D eigenvalue weighted by molar-refractivity contribution is 0.0817. The van der Waals surface area contributed by atoms with E-state index in [1.807, 2.05) is 12.1 Å². The standard InChI is InChI=1S/C12H16N6O/c13-11(19)18-7-2-1-5-12(18,14)9-8-4-3-6-15-10(8)17-16-9/h3-4,6H,1-2,5,7,14H2,(H2,13,19)(H,15,16,17). The summed E-state index contributed by atoms with van der Waals surface area (Å²) in [5, 5.41) is 7.89. The second-order valence-corrected chi connectivity index (χ2v) is 4.84. The van der Waals surface area contributed by atoms with Crippen molar-refractivity contribution in [1.82, 2.24) is 20.1 Å². The highest BCUT2D eigenvalue weighted by Gasteiger charge is 2.41. The minimum Gasteiger partial charge on any atom is -0.351 e. The van der Waals surface area contributed by atoms with Crippen LogP contribution in [0.3, 0.4) is 0 Å². The average molecular weight is 260 g/mol. The third kappa shape index (κ3) is 1.74. The summed E-state index contributed by atoms with van der Waals surface area (Å²) in [6.45, 7) is 0.562. The van der Waals surface area contributed by atoms with Gasteiger partial charge in [-0.2, -0.15) is 5.10 Å². The Hall–Kier alpha value is -2.15. The lowest BCUT2D eigenvalue weighted by atomic mass is 9.91. The molecule has 1 unspecified atom stereocenters. The Bertz CT molecular complexity index is 623. The zero-order valence-corrected chi connectivity index (χ0v) is 10.5. The zero-order valence-electron chi connectivity index (χ0n) is 10.5. The van der Waals surface area contributed by atoms with E-state index in [-0.39, 0.29) is 0 Å². The van der Waals surface area contributed by atoms with Gasteiger partial charge in [0.25, 0.3) is 0 Å². The second kappa shape index (κ2) is 4.20. The number of carbonyl (C=O) groups is 1. The van der Waals surface area contributed by atoms with Crippen molar-refractivity contribution in [2.24, 2.45) is 11.5 Å². The van der Waals surface area contributed by atoms with Crippen LogP contribution in [0, 0.1) is 0 Å². The number of nitrogens with zero attached hydrogens (tertiary/aromatic N) is 3. The van der Waals surface area contributed by atoms with E-state index in [1.165, 1.54) is 4.90 Å². The molecule has 0 aromatic carbocycles. The summed E-state index contributed by atoms with van der Waals surface area (Å²) in [6, 6.07) is 3.21.